The Morgan fingerprint density at radius 1 is 1.18 bits per heavy atom. The Kier molecular flexibility index (Phi) is 5.83. The lowest BCUT2D eigenvalue weighted by atomic mass is 9.98. The van der Waals surface area contributed by atoms with Crippen LogP contribution in [0.3, 0.4) is 0 Å². The summed E-state index contributed by atoms with van der Waals surface area (Å²) in [5, 5.41) is 0. The van der Waals surface area contributed by atoms with Crippen LogP contribution in [0.4, 0.5) is 0 Å². The lowest BCUT2D eigenvalue weighted by molar-refractivity contribution is 0.0209. The van der Waals surface area contributed by atoms with Gasteiger partial charge in [0.25, 0.3) is 0 Å². The fourth-order valence-electron chi connectivity index (χ4n) is 2.53. The second-order valence-corrected chi connectivity index (χ2v) is 7.20. The molecule has 0 atom stereocenters. The van der Waals surface area contributed by atoms with E-state index in [9.17, 15) is 13.2 Å². The van der Waals surface area contributed by atoms with Gasteiger partial charge in [-0.1, -0.05) is 25.5 Å². The highest BCUT2D eigenvalue weighted by atomic mass is 32.2. The SMILES string of the molecule is CCCS(=O)(=O)Oc1ccccc1C(=O)OC1CCCCC1. The van der Waals surface area contributed by atoms with Crippen LogP contribution >= 0.6 is 0 Å². The Balaban J connectivity index is 2.11. The molecule has 0 unspecified atom stereocenters. The van der Waals surface area contributed by atoms with Crippen molar-refractivity contribution >= 4 is 16.1 Å². The lowest BCUT2D eigenvalue weighted by Gasteiger charge is -2.22. The Hall–Kier alpha value is -1.56. The number of carbonyl (C=O) groups excluding carboxylic acids is 1. The molecule has 0 spiro atoms. The standard InChI is InChI=1S/C16H22O5S/c1-2-12-22(18,19)21-15-11-7-6-10-14(15)16(17)20-13-8-4-3-5-9-13/h6-7,10-11,13H,2-5,8-9,12H2,1H3. The van der Waals surface area contributed by atoms with E-state index in [1.54, 1.807) is 19.1 Å². The Morgan fingerprint density at radius 3 is 2.55 bits per heavy atom. The molecule has 2 rings (SSSR count). The van der Waals surface area contributed by atoms with Crippen LogP contribution in [0.2, 0.25) is 0 Å². The number of benzene rings is 1. The average Bonchev–Trinajstić information content (AvgIpc) is 2.48. The Labute approximate surface area is 131 Å². The van der Waals surface area contributed by atoms with Crippen molar-refractivity contribution in [2.75, 3.05) is 5.75 Å². The first kappa shape index (κ1) is 16.8. The van der Waals surface area contributed by atoms with E-state index in [1.165, 1.54) is 18.6 Å². The number of carbonyl (C=O) groups is 1. The molecule has 0 saturated heterocycles. The quantitative estimate of drug-likeness (QED) is 0.592. The summed E-state index contributed by atoms with van der Waals surface area (Å²) in [4.78, 5) is 12.3. The summed E-state index contributed by atoms with van der Waals surface area (Å²) in [6, 6.07) is 6.30. The molecule has 0 aliphatic heterocycles. The van der Waals surface area contributed by atoms with Crippen molar-refractivity contribution in [1.82, 2.24) is 0 Å². The van der Waals surface area contributed by atoms with Crippen LogP contribution in [-0.4, -0.2) is 26.2 Å². The molecule has 6 heteroatoms. The first-order chi connectivity index (χ1) is 10.5. The van der Waals surface area contributed by atoms with Crippen LogP contribution in [0, 0.1) is 0 Å². The predicted molar refractivity (Wildman–Crippen MR) is 83.4 cm³/mol. The molecular weight excluding hydrogens is 304 g/mol. The van der Waals surface area contributed by atoms with Gasteiger partial charge < -0.3 is 8.92 Å². The van der Waals surface area contributed by atoms with Gasteiger partial charge in [0.1, 0.15) is 11.7 Å². The zero-order valence-electron chi connectivity index (χ0n) is 12.8. The molecule has 1 fully saturated rings. The fraction of sp³-hybridized carbons (Fsp3) is 0.562. The molecule has 1 aliphatic carbocycles. The number of para-hydroxylation sites is 1. The van der Waals surface area contributed by atoms with E-state index in [-0.39, 0.29) is 23.2 Å². The molecule has 1 aliphatic rings. The van der Waals surface area contributed by atoms with Gasteiger partial charge in [-0.05, 0) is 44.2 Å². The highest BCUT2D eigenvalue weighted by Gasteiger charge is 2.23. The van der Waals surface area contributed by atoms with Gasteiger partial charge in [-0.25, -0.2) is 4.79 Å². The van der Waals surface area contributed by atoms with Crippen molar-refractivity contribution in [1.29, 1.82) is 0 Å². The maximum Gasteiger partial charge on any atom is 0.342 e. The van der Waals surface area contributed by atoms with E-state index < -0.39 is 16.1 Å². The number of hydrogen-bond acceptors (Lipinski definition) is 5. The van der Waals surface area contributed by atoms with Crippen LogP contribution in [0.25, 0.3) is 0 Å². The molecule has 22 heavy (non-hydrogen) atoms. The van der Waals surface area contributed by atoms with Crippen molar-refractivity contribution < 1.29 is 22.1 Å². The minimum atomic E-state index is -3.68. The predicted octanol–water partition coefficient (Wildman–Crippen LogP) is 3.29. The highest BCUT2D eigenvalue weighted by Crippen LogP contribution is 2.25. The van der Waals surface area contributed by atoms with E-state index >= 15 is 0 Å². The minimum absolute atomic E-state index is 0.0387. The highest BCUT2D eigenvalue weighted by molar-refractivity contribution is 7.87. The minimum Gasteiger partial charge on any atom is -0.459 e. The molecule has 122 valence electrons. The number of esters is 1. The van der Waals surface area contributed by atoms with Gasteiger partial charge in [0.05, 0.1) is 5.75 Å². The van der Waals surface area contributed by atoms with E-state index in [4.69, 9.17) is 8.92 Å². The van der Waals surface area contributed by atoms with Crippen molar-refractivity contribution in [2.45, 2.75) is 51.6 Å². The van der Waals surface area contributed by atoms with E-state index in [0.717, 1.165) is 25.7 Å². The van der Waals surface area contributed by atoms with Crippen LogP contribution < -0.4 is 4.18 Å². The van der Waals surface area contributed by atoms with E-state index in [1.807, 2.05) is 0 Å². The van der Waals surface area contributed by atoms with Gasteiger partial charge >= 0.3 is 16.1 Å². The maximum atomic E-state index is 12.3. The van der Waals surface area contributed by atoms with Crippen molar-refractivity contribution in [3.63, 3.8) is 0 Å². The monoisotopic (exact) mass is 326 g/mol. The normalized spacial score (nSPS) is 16.2. The molecule has 0 N–H and O–H groups in total. The van der Waals surface area contributed by atoms with Crippen LogP contribution in [0.1, 0.15) is 55.8 Å². The summed E-state index contributed by atoms with van der Waals surface area (Å²) in [6.45, 7) is 1.75. The molecule has 0 amide bonds. The van der Waals surface area contributed by atoms with Crippen molar-refractivity contribution in [3.05, 3.63) is 29.8 Å². The largest absolute Gasteiger partial charge is 0.459 e. The zero-order valence-corrected chi connectivity index (χ0v) is 13.6. The smallest absolute Gasteiger partial charge is 0.342 e. The molecule has 1 aromatic carbocycles. The summed E-state index contributed by atoms with van der Waals surface area (Å²) < 4.78 is 34.1. The third kappa shape index (κ3) is 4.73. The van der Waals surface area contributed by atoms with Gasteiger partial charge in [-0.2, -0.15) is 8.42 Å². The second-order valence-electron chi connectivity index (χ2n) is 5.51. The number of hydrogen-bond donors (Lipinski definition) is 0. The van der Waals surface area contributed by atoms with Crippen molar-refractivity contribution in [3.8, 4) is 5.75 Å². The first-order valence-electron chi connectivity index (χ1n) is 7.74. The Bertz CT molecular complexity index is 603. The van der Waals surface area contributed by atoms with Crippen LogP contribution in [-0.2, 0) is 14.9 Å². The summed E-state index contributed by atoms with van der Waals surface area (Å²) in [5.41, 5.74) is 0.160. The van der Waals surface area contributed by atoms with Gasteiger partial charge in [0.2, 0.25) is 0 Å². The van der Waals surface area contributed by atoms with Gasteiger partial charge in [0, 0.05) is 0 Å². The molecule has 0 aromatic heterocycles. The van der Waals surface area contributed by atoms with Gasteiger partial charge in [-0.3, -0.25) is 0 Å². The van der Waals surface area contributed by atoms with Crippen LogP contribution in [0.15, 0.2) is 24.3 Å². The Morgan fingerprint density at radius 2 is 1.86 bits per heavy atom. The topological polar surface area (TPSA) is 69.7 Å². The molecule has 0 heterocycles. The molecule has 0 bridgehead atoms. The van der Waals surface area contributed by atoms with E-state index in [2.05, 4.69) is 0 Å². The fourth-order valence-corrected chi connectivity index (χ4v) is 3.54. The summed E-state index contributed by atoms with van der Waals surface area (Å²) in [5.74, 6) is -0.565. The molecule has 1 saturated carbocycles. The number of ether oxygens (including phenoxy) is 1. The second kappa shape index (κ2) is 7.63. The molecular formula is C16H22O5S. The summed E-state index contributed by atoms with van der Waals surface area (Å²) >= 11 is 0. The van der Waals surface area contributed by atoms with Gasteiger partial charge in [0.15, 0.2) is 5.75 Å². The number of rotatable bonds is 6. The molecule has 0 radical (unpaired) electrons. The maximum absolute atomic E-state index is 12.3. The average molecular weight is 326 g/mol. The van der Waals surface area contributed by atoms with Crippen LogP contribution in [0.5, 0.6) is 5.75 Å². The molecule has 1 aromatic rings. The first-order valence-corrected chi connectivity index (χ1v) is 9.32. The zero-order chi connectivity index (χ0) is 16.0. The van der Waals surface area contributed by atoms with Crippen molar-refractivity contribution in [2.24, 2.45) is 0 Å². The summed E-state index contributed by atoms with van der Waals surface area (Å²) in [6.07, 6.45) is 5.38. The third-order valence-electron chi connectivity index (χ3n) is 3.60. The van der Waals surface area contributed by atoms with Gasteiger partial charge in [-0.15, -0.1) is 0 Å². The van der Waals surface area contributed by atoms with E-state index in [0.29, 0.717) is 6.42 Å². The third-order valence-corrected chi connectivity index (χ3v) is 4.95. The molecule has 5 nitrogen and oxygen atoms in total. The lowest BCUT2D eigenvalue weighted by Crippen LogP contribution is -2.22. The summed E-state index contributed by atoms with van der Waals surface area (Å²) in [7, 11) is -3.68.